The van der Waals surface area contributed by atoms with Gasteiger partial charge in [-0.25, -0.2) is 15.0 Å². The van der Waals surface area contributed by atoms with E-state index in [0.717, 1.165) is 34.3 Å². The van der Waals surface area contributed by atoms with Gasteiger partial charge in [-0.05, 0) is 55.1 Å². The van der Waals surface area contributed by atoms with Gasteiger partial charge in [-0.1, -0.05) is 6.07 Å². The minimum absolute atomic E-state index is 0.508. The van der Waals surface area contributed by atoms with E-state index in [1.165, 1.54) is 29.4 Å². The van der Waals surface area contributed by atoms with Gasteiger partial charge in [0.15, 0.2) is 5.16 Å². The zero-order valence-corrected chi connectivity index (χ0v) is 11.7. The number of nitrogens with two attached hydrogens (primary N) is 1. The van der Waals surface area contributed by atoms with Crippen molar-refractivity contribution in [3.8, 4) is 0 Å². The number of nitrogens with zero attached hydrogens (tertiary/aromatic N) is 3. The molecule has 2 aromatic heterocycles. The van der Waals surface area contributed by atoms with Crippen LogP contribution in [0.25, 0.3) is 0 Å². The number of rotatable bonds is 3. The third-order valence-corrected chi connectivity index (χ3v) is 4.20. The molecular formula is C14H16N4S. The maximum Gasteiger partial charge on any atom is 0.194 e. The van der Waals surface area contributed by atoms with Crippen molar-refractivity contribution >= 4 is 11.8 Å². The van der Waals surface area contributed by atoms with Crippen molar-refractivity contribution < 1.29 is 0 Å². The summed E-state index contributed by atoms with van der Waals surface area (Å²) in [5.41, 5.74) is 10.5. The van der Waals surface area contributed by atoms with Gasteiger partial charge in [-0.2, -0.15) is 0 Å². The Balaban J connectivity index is 1.96. The van der Waals surface area contributed by atoms with Crippen molar-refractivity contribution in [2.45, 2.75) is 42.9 Å². The minimum atomic E-state index is 0.508. The second-order valence-corrected chi connectivity index (χ2v) is 5.65. The molecule has 0 aliphatic heterocycles. The summed E-state index contributed by atoms with van der Waals surface area (Å²) in [4.78, 5) is 13.4. The molecule has 3 rings (SSSR count). The molecule has 0 unspecified atom stereocenters. The van der Waals surface area contributed by atoms with Gasteiger partial charge in [0.25, 0.3) is 0 Å². The average Bonchev–Trinajstić information content (AvgIpc) is 2.85. The number of aromatic nitrogens is 3. The number of aryl methyl sites for hydroxylation is 3. The van der Waals surface area contributed by atoms with Gasteiger partial charge < -0.3 is 5.73 Å². The molecule has 0 saturated carbocycles. The average molecular weight is 272 g/mol. The van der Waals surface area contributed by atoms with E-state index in [-0.39, 0.29) is 0 Å². The highest BCUT2D eigenvalue weighted by Crippen LogP contribution is 2.30. The van der Waals surface area contributed by atoms with Crippen LogP contribution in [-0.2, 0) is 19.4 Å². The zero-order chi connectivity index (χ0) is 13.2. The van der Waals surface area contributed by atoms with Crippen molar-refractivity contribution in [1.82, 2.24) is 15.0 Å². The van der Waals surface area contributed by atoms with E-state index in [0.29, 0.717) is 6.54 Å². The smallest absolute Gasteiger partial charge is 0.194 e. The van der Waals surface area contributed by atoms with Crippen LogP contribution in [0.15, 0.2) is 28.5 Å². The molecule has 2 heterocycles. The monoisotopic (exact) mass is 272 g/mol. The Labute approximate surface area is 116 Å². The fourth-order valence-electron chi connectivity index (χ4n) is 2.30. The van der Waals surface area contributed by atoms with Gasteiger partial charge in [0.2, 0.25) is 0 Å². The van der Waals surface area contributed by atoms with Crippen LogP contribution in [0, 0.1) is 6.92 Å². The Morgan fingerprint density at radius 2 is 2.21 bits per heavy atom. The van der Waals surface area contributed by atoms with Crippen LogP contribution in [0.3, 0.4) is 0 Å². The van der Waals surface area contributed by atoms with Crippen LogP contribution in [0.1, 0.15) is 28.9 Å². The first-order valence-electron chi connectivity index (χ1n) is 6.45. The summed E-state index contributed by atoms with van der Waals surface area (Å²) in [5, 5.41) is 1.69. The normalized spacial score (nSPS) is 13.6. The zero-order valence-electron chi connectivity index (χ0n) is 10.9. The van der Waals surface area contributed by atoms with Gasteiger partial charge >= 0.3 is 0 Å². The van der Waals surface area contributed by atoms with E-state index >= 15 is 0 Å². The lowest BCUT2D eigenvalue weighted by Gasteiger charge is -2.09. The lowest BCUT2D eigenvalue weighted by Crippen LogP contribution is -2.03. The molecule has 2 N–H and O–H groups in total. The molecule has 0 fully saturated rings. The Bertz CT molecular complexity index is 612. The summed E-state index contributed by atoms with van der Waals surface area (Å²) in [7, 11) is 0. The summed E-state index contributed by atoms with van der Waals surface area (Å²) < 4.78 is 0. The van der Waals surface area contributed by atoms with Crippen LogP contribution >= 0.6 is 11.8 Å². The third kappa shape index (κ3) is 2.62. The first-order chi connectivity index (χ1) is 9.26. The first-order valence-corrected chi connectivity index (χ1v) is 7.27. The molecule has 0 bridgehead atoms. The van der Waals surface area contributed by atoms with Gasteiger partial charge in [-0.3, -0.25) is 0 Å². The summed E-state index contributed by atoms with van der Waals surface area (Å²) in [5.74, 6) is 0. The van der Waals surface area contributed by atoms with Crippen molar-refractivity contribution in [3.05, 3.63) is 40.8 Å². The van der Waals surface area contributed by atoms with Crippen molar-refractivity contribution in [1.29, 1.82) is 0 Å². The van der Waals surface area contributed by atoms with Crippen LogP contribution in [-0.4, -0.2) is 15.0 Å². The first kappa shape index (κ1) is 12.6. The number of hydrogen-bond donors (Lipinski definition) is 1. The maximum atomic E-state index is 5.83. The molecule has 5 heteroatoms. The number of fused-ring (bicyclic) bond motifs is 1. The van der Waals surface area contributed by atoms with Gasteiger partial charge in [0, 0.05) is 24.1 Å². The molecule has 19 heavy (non-hydrogen) atoms. The van der Waals surface area contributed by atoms with Crippen molar-refractivity contribution in [3.63, 3.8) is 0 Å². The summed E-state index contributed by atoms with van der Waals surface area (Å²) in [6.45, 7) is 2.47. The summed E-state index contributed by atoms with van der Waals surface area (Å²) in [6, 6.07) is 4.09. The Kier molecular flexibility index (Phi) is 3.48. The quantitative estimate of drug-likeness (QED) is 0.868. The summed E-state index contributed by atoms with van der Waals surface area (Å²) >= 11 is 1.51. The fraction of sp³-hybridized carbons (Fsp3) is 0.357. The molecule has 1 aliphatic rings. The van der Waals surface area contributed by atoms with Gasteiger partial charge in [0.05, 0.1) is 0 Å². The molecule has 0 atom stereocenters. The lowest BCUT2D eigenvalue weighted by atomic mass is 10.1. The SMILES string of the molecule is Cc1ccnc(Sc2nc3c(cc2CN)CCC3)n1. The lowest BCUT2D eigenvalue weighted by molar-refractivity contribution is 0.878. The fourth-order valence-corrected chi connectivity index (χ4v) is 3.20. The minimum Gasteiger partial charge on any atom is -0.326 e. The van der Waals surface area contributed by atoms with E-state index in [2.05, 4.69) is 16.0 Å². The number of hydrogen-bond acceptors (Lipinski definition) is 5. The van der Waals surface area contributed by atoms with Crippen LogP contribution in [0.5, 0.6) is 0 Å². The van der Waals surface area contributed by atoms with Gasteiger partial charge in [0.1, 0.15) is 5.03 Å². The molecule has 0 spiro atoms. The largest absolute Gasteiger partial charge is 0.326 e. The molecule has 0 radical (unpaired) electrons. The van der Waals surface area contributed by atoms with E-state index in [9.17, 15) is 0 Å². The third-order valence-electron chi connectivity index (χ3n) is 3.27. The van der Waals surface area contributed by atoms with Crippen LogP contribution < -0.4 is 5.73 Å². The highest BCUT2D eigenvalue weighted by atomic mass is 32.2. The standard InChI is InChI=1S/C14H16N4S/c1-9-5-6-16-14(17-9)19-13-11(8-15)7-10-3-2-4-12(10)18-13/h5-7H,2-4,8,15H2,1H3. The summed E-state index contributed by atoms with van der Waals surface area (Å²) in [6.07, 6.45) is 5.17. The Morgan fingerprint density at radius 1 is 1.32 bits per heavy atom. The molecule has 0 aromatic carbocycles. The van der Waals surface area contributed by atoms with E-state index < -0.39 is 0 Å². The second-order valence-electron chi connectivity index (χ2n) is 4.70. The molecule has 0 saturated heterocycles. The highest BCUT2D eigenvalue weighted by molar-refractivity contribution is 7.99. The topological polar surface area (TPSA) is 64.7 Å². The molecule has 0 amide bonds. The Hall–Kier alpha value is -1.46. The van der Waals surface area contributed by atoms with Gasteiger partial charge in [-0.15, -0.1) is 0 Å². The van der Waals surface area contributed by atoms with Crippen LogP contribution in [0.2, 0.25) is 0 Å². The van der Waals surface area contributed by atoms with E-state index in [1.807, 2.05) is 13.0 Å². The molecule has 1 aliphatic carbocycles. The predicted octanol–water partition coefficient (Wildman–Crippen LogP) is 2.28. The van der Waals surface area contributed by atoms with Crippen molar-refractivity contribution in [2.75, 3.05) is 0 Å². The highest BCUT2D eigenvalue weighted by Gasteiger charge is 2.17. The molecule has 98 valence electrons. The van der Waals surface area contributed by atoms with Crippen LogP contribution in [0.4, 0.5) is 0 Å². The molecular weight excluding hydrogens is 256 g/mol. The molecule has 2 aromatic rings. The predicted molar refractivity (Wildman–Crippen MR) is 75.0 cm³/mol. The number of pyridine rings is 1. The van der Waals surface area contributed by atoms with E-state index in [1.54, 1.807) is 6.20 Å². The Morgan fingerprint density at radius 3 is 3.00 bits per heavy atom. The molecule has 4 nitrogen and oxygen atoms in total. The van der Waals surface area contributed by atoms with Crippen molar-refractivity contribution in [2.24, 2.45) is 5.73 Å². The second kappa shape index (κ2) is 5.27. The maximum absolute atomic E-state index is 5.83. The van der Waals surface area contributed by atoms with E-state index in [4.69, 9.17) is 10.7 Å².